The maximum absolute atomic E-state index is 14.0. The van der Waals surface area contributed by atoms with Gasteiger partial charge in [0.05, 0.1) is 23.7 Å². The molecule has 1 saturated heterocycles. The third kappa shape index (κ3) is 4.63. The first kappa shape index (κ1) is 27.2. The SMILES string of the molecule is COc1ccc([C@@H]2c3sc(=O)n(CC(=O)Nc4cccc5ccccc45)c3S[C@H]3C(=O)N(c4ccccc4)C(=O)[C@@H]23)cc1. The number of fused-ring (bicyclic) bond motifs is 3. The van der Waals surface area contributed by atoms with Crippen molar-refractivity contribution in [2.75, 3.05) is 17.3 Å². The van der Waals surface area contributed by atoms with Crippen LogP contribution in [0.25, 0.3) is 10.8 Å². The average Bonchev–Trinajstić information content (AvgIpc) is 3.47. The van der Waals surface area contributed by atoms with Crippen LogP contribution < -0.4 is 19.8 Å². The van der Waals surface area contributed by atoms with Gasteiger partial charge in [0.25, 0.3) is 0 Å². The molecule has 0 unspecified atom stereocenters. The van der Waals surface area contributed by atoms with Crippen LogP contribution in [-0.4, -0.2) is 34.6 Å². The molecule has 1 aromatic heterocycles. The number of rotatable bonds is 6. The van der Waals surface area contributed by atoms with Gasteiger partial charge in [0.1, 0.15) is 17.5 Å². The Labute approximate surface area is 254 Å². The number of carbonyl (C=O) groups excluding carboxylic acids is 3. The number of aromatic nitrogens is 1. The van der Waals surface area contributed by atoms with Gasteiger partial charge in [0, 0.05) is 21.9 Å². The molecule has 0 aliphatic carbocycles. The lowest BCUT2D eigenvalue weighted by atomic mass is 9.83. The van der Waals surface area contributed by atoms with E-state index < -0.39 is 17.1 Å². The zero-order valence-corrected chi connectivity index (χ0v) is 24.6. The number of hydrogen-bond donors (Lipinski definition) is 1. The zero-order chi connectivity index (χ0) is 29.7. The van der Waals surface area contributed by atoms with Crippen molar-refractivity contribution in [1.82, 2.24) is 4.57 Å². The minimum atomic E-state index is -0.756. The van der Waals surface area contributed by atoms with Gasteiger partial charge in [0.15, 0.2) is 0 Å². The smallest absolute Gasteiger partial charge is 0.308 e. The number of hydrogen-bond acceptors (Lipinski definition) is 7. The van der Waals surface area contributed by atoms with Crippen LogP contribution in [0.15, 0.2) is 107 Å². The lowest BCUT2D eigenvalue weighted by Gasteiger charge is -2.30. The number of nitrogens with zero attached hydrogens (tertiary/aromatic N) is 2. The molecular formula is C33H25N3O5S2. The number of benzene rings is 4. The molecule has 1 N–H and O–H groups in total. The topological polar surface area (TPSA) is 97.7 Å². The van der Waals surface area contributed by atoms with Crippen LogP contribution >= 0.6 is 23.1 Å². The Morgan fingerprint density at radius 1 is 0.860 bits per heavy atom. The number of methoxy groups -OCH3 is 1. The van der Waals surface area contributed by atoms with Crippen LogP contribution in [0.3, 0.4) is 0 Å². The summed E-state index contributed by atoms with van der Waals surface area (Å²) in [4.78, 5) is 56.2. The Morgan fingerprint density at radius 2 is 1.58 bits per heavy atom. The molecule has 43 heavy (non-hydrogen) atoms. The molecule has 2 aliphatic heterocycles. The van der Waals surface area contributed by atoms with Gasteiger partial charge in [-0.05, 0) is 41.3 Å². The molecule has 10 heteroatoms. The van der Waals surface area contributed by atoms with Gasteiger partial charge in [-0.3, -0.25) is 23.7 Å². The molecule has 3 heterocycles. The second-order valence-electron chi connectivity index (χ2n) is 10.4. The van der Waals surface area contributed by atoms with E-state index in [2.05, 4.69) is 5.32 Å². The first-order valence-corrected chi connectivity index (χ1v) is 15.4. The standard InChI is InChI=1S/C33H25N3O5S2/c1-41-22-16-14-20(15-17-22)26-27-28(31(39)36(30(27)38)21-10-3-2-4-11-21)42-32-29(26)43-33(40)35(32)18-25(37)34-24-13-7-9-19-8-5-6-12-23(19)24/h2-17,26-28H,18H2,1H3,(H,34,37)/t26-,27-,28+/m0/s1. The van der Waals surface area contributed by atoms with Crippen molar-refractivity contribution < 1.29 is 19.1 Å². The highest BCUT2D eigenvalue weighted by atomic mass is 32.2. The summed E-state index contributed by atoms with van der Waals surface area (Å²) in [5.41, 5.74) is 1.96. The van der Waals surface area contributed by atoms with Gasteiger partial charge < -0.3 is 10.1 Å². The van der Waals surface area contributed by atoms with E-state index in [1.807, 2.05) is 60.7 Å². The molecule has 0 spiro atoms. The molecule has 0 saturated carbocycles. The number of imide groups is 1. The fraction of sp³-hybridized carbons (Fsp3) is 0.152. The van der Waals surface area contributed by atoms with Gasteiger partial charge in [-0.2, -0.15) is 0 Å². The number of nitrogens with one attached hydrogen (secondary N) is 1. The number of amides is 3. The maximum Gasteiger partial charge on any atom is 0.308 e. The fourth-order valence-corrected chi connectivity index (χ4v) is 8.70. The molecule has 0 radical (unpaired) electrons. The van der Waals surface area contributed by atoms with Crippen LogP contribution in [-0.2, 0) is 20.9 Å². The summed E-state index contributed by atoms with van der Waals surface area (Å²) in [6.07, 6.45) is 0. The van der Waals surface area contributed by atoms with Crippen LogP contribution in [0.4, 0.5) is 11.4 Å². The lowest BCUT2D eigenvalue weighted by molar-refractivity contribution is -0.122. The van der Waals surface area contributed by atoms with Crippen LogP contribution in [0.2, 0.25) is 0 Å². The number of ether oxygens (including phenoxy) is 1. The number of anilines is 2. The fourth-order valence-electron chi connectivity index (χ4n) is 5.93. The second-order valence-corrected chi connectivity index (χ2v) is 12.5. The highest BCUT2D eigenvalue weighted by molar-refractivity contribution is 8.00. The molecule has 4 aromatic carbocycles. The van der Waals surface area contributed by atoms with Crippen molar-refractivity contribution in [3.8, 4) is 5.75 Å². The Balaban J connectivity index is 1.28. The zero-order valence-electron chi connectivity index (χ0n) is 22.9. The van der Waals surface area contributed by atoms with Crippen molar-refractivity contribution in [3.63, 3.8) is 0 Å². The minimum Gasteiger partial charge on any atom is -0.497 e. The van der Waals surface area contributed by atoms with Crippen LogP contribution in [0, 0.1) is 5.92 Å². The van der Waals surface area contributed by atoms with Gasteiger partial charge in [-0.1, -0.05) is 89.8 Å². The Kier molecular flexibility index (Phi) is 6.87. The van der Waals surface area contributed by atoms with Gasteiger partial charge >= 0.3 is 4.87 Å². The Bertz CT molecular complexity index is 1950. The predicted molar refractivity (Wildman–Crippen MR) is 168 cm³/mol. The monoisotopic (exact) mass is 607 g/mol. The van der Waals surface area contributed by atoms with E-state index in [1.54, 1.807) is 43.5 Å². The van der Waals surface area contributed by atoms with Crippen molar-refractivity contribution in [1.29, 1.82) is 0 Å². The Morgan fingerprint density at radius 3 is 2.35 bits per heavy atom. The van der Waals surface area contributed by atoms with Crippen LogP contribution in [0.1, 0.15) is 16.4 Å². The molecule has 3 amide bonds. The lowest BCUT2D eigenvalue weighted by Crippen LogP contribution is -2.33. The van der Waals surface area contributed by atoms with Gasteiger partial charge in [-0.25, -0.2) is 4.90 Å². The molecule has 3 atom stereocenters. The molecule has 0 bridgehead atoms. The highest BCUT2D eigenvalue weighted by Crippen LogP contribution is 2.54. The summed E-state index contributed by atoms with van der Waals surface area (Å²) in [7, 11) is 1.58. The van der Waals surface area contributed by atoms with E-state index in [4.69, 9.17) is 4.74 Å². The summed E-state index contributed by atoms with van der Waals surface area (Å²) >= 11 is 2.22. The summed E-state index contributed by atoms with van der Waals surface area (Å²) in [6, 6.07) is 29.6. The van der Waals surface area contributed by atoms with Crippen LogP contribution in [0.5, 0.6) is 5.75 Å². The molecule has 5 aromatic rings. The van der Waals surface area contributed by atoms with Crippen molar-refractivity contribution in [2.24, 2.45) is 5.92 Å². The van der Waals surface area contributed by atoms with Gasteiger partial charge in [-0.15, -0.1) is 0 Å². The third-order valence-electron chi connectivity index (χ3n) is 7.90. The average molecular weight is 608 g/mol. The summed E-state index contributed by atoms with van der Waals surface area (Å²) in [5, 5.41) is 4.63. The number of para-hydroxylation sites is 1. The predicted octanol–water partition coefficient (Wildman–Crippen LogP) is 5.51. The van der Waals surface area contributed by atoms with E-state index in [1.165, 1.54) is 21.2 Å². The van der Waals surface area contributed by atoms with E-state index in [9.17, 15) is 19.2 Å². The summed E-state index contributed by atoms with van der Waals surface area (Å²) < 4.78 is 6.77. The molecule has 8 nitrogen and oxygen atoms in total. The largest absolute Gasteiger partial charge is 0.497 e. The number of thioether (sulfide) groups is 1. The van der Waals surface area contributed by atoms with E-state index in [0.29, 0.717) is 27.0 Å². The van der Waals surface area contributed by atoms with Gasteiger partial charge in [0.2, 0.25) is 17.7 Å². The van der Waals surface area contributed by atoms with E-state index >= 15 is 0 Å². The summed E-state index contributed by atoms with van der Waals surface area (Å²) in [5.74, 6) is -1.60. The Hall–Kier alpha value is -4.67. The first-order valence-electron chi connectivity index (χ1n) is 13.7. The van der Waals surface area contributed by atoms with E-state index in [-0.39, 0.29) is 29.1 Å². The third-order valence-corrected chi connectivity index (χ3v) is 10.5. The molecule has 7 rings (SSSR count). The molecule has 2 aliphatic rings. The minimum absolute atomic E-state index is 0.224. The van der Waals surface area contributed by atoms with E-state index in [0.717, 1.165) is 27.7 Å². The summed E-state index contributed by atoms with van der Waals surface area (Å²) in [6.45, 7) is -0.224. The quantitative estimate of drug-likeness (QED) is 0.256. The molecular weight excluding hydrogens is 583 g/mol. The number of carbonyl (C=O) groups is 3. The maximum atomic E-state index is 14.0. The number of thiazole rings is 1. The molecule has 1 fully saturated rings. The highest BCUT2D eigenvalue weighted by Gasteiger charge is 2.56. The normalized spacial score (nSPS) is 19.3. The van der Waals surface area contributed by atoms with Crippen molar-refractivity contribution in [2.45, 2.75) is 22.7 Å². The van der Waals surface area contributed by atoms with Crippen molar-refractivity contribution in [3.05, 3.63) is 117 Å². The van der Waals surface area contributed by atoms with Crippen molar-refractivity contribution >= 4 is 63.0 Å². The second kappa shape index (κ2) is 10.9. The first-order chi connectivity index (χ1) is 20.9. The molecule has 214 valence electrons.